The molecule has 1 N–H and O–H groups in total. The Labute approximate surface area is 180 Å². The molecular weight excluding hydrogens is 413 g/mol. The van der Waals surface area contributed by atoms with E-state index in [9.17, 15) is 0 Å². The minimum Gasteiger partial charge on any atom is -0.493 e. The van der Waals surface area contributed by atoms with Gasteiger partial charge in [0.1, 0.15) is 5.15 Å². The molecule has 0 aliphatic carbocycles. The summed E-state index contributed by atoms with van der Waals surface area (Å²) in [5.74, 6) is 1.82. The van der Waals surface area contributed by atoms with Crippen LogP contribution in [0.3, 0.4) is 0 Å². The summed E-state index contributed by atoms with van der Waals surface area (Å²) in [5.41, 5.74) is 3.53. The van der Waals surface area contributed by atoms with E-state index in [0.29, 0.717) is 40.5 Å². The monoisotopic (exact) mass is 435 g/mol. The van der Waals surface area contributed by atoms with Crippen LogP contribution in [0.2, 0.25) is 10.2 Å². The molecule has 6 nitrogen and oxygen atoms in total. The number of halogens is 2. The molecule has 3 aromatic rings. The summed E-state index contributed by atoms with van der Waals surface area (Å²) in [6.07, 6.45) is 0. The Balaban J connectivity index is 1.78. The largest absolute Gasteiger partial charge is 0.493 e. The van der Waals surface area contributed by atoms with E-state index in [1.807, 2.05) is 43.3 Å². The number of benzene rings is 2. The zero-order valence-corrected chi connectivity index (χ0v) is 18.3. The molecule has 0 bridgehead atoms. The van der Waals surface area contributed by atoms with Crippen LogP contribution in [0.15, 0.2) is 36.4 Å². The Kier molecular flexibility index (Phi) is 6.90. The number of nitrogens with one attached hydrogen (secondary N) is 1. The van der Waals surface area contributed by atoms with Crippen molar-refractivity contribution < 1.29 is 14.2 Å². The van der Waals surface area contributed by atoms with Crippen molar-refractivity contribution in [1.29, 1.82) is 0 Å². The molecule has 0 fully saturated rings. The van der Waals surface area contributed by atoms with Gasteiger partial charge in [0, 0.05) is 29.2 Å². The van der Waals surface area contributed by atoms with E-state index in [4.69, 9.17) is 37.4 Å². The van der Waals surface area contributed by atoms with Crippen LogP contribution in [0.4, 0.5) is 0 Å². The van der Waals surface area contributed by atoms with Crippen molar-refractivity contribution in [3.05, 3.63) is 63.4 Å². The number of aryl methyl sites for hydroxylation is 1. The van der Waals surface area contributed by atoms with Crippen molar-refractivity contribution in [3.63, 3.8) is 0 Å². The van der Waals surface area contributed by atoms with Crippen LogP contribution in [-0.4, -0.2) is 31.1 Å². The summed E-state index contributed by atoms with van der Waals surface area (Å²) in [6, 6.07) is 11.2. The third-order valence-electron chi connectivity index (χ3n) is 4.58. The minimum atomic E-state index is 0.544. The summed E-state index contributed by atoms with van der Waals surface area (Å²) < 4.78 is 18.0. The lowest BCUT2D eigenvalue weighted by molar-refractivity contribution is 0.321. The second-order valence-corrected chi connectivity index (χ2v) is 7.14. The average molecular weight is 436 g/mol. The van der Waals surface area contributed by atoms with E-state index in [1.54, 1.807) is 26.0 Å². The lowest BCUT2D eigenvalue weighted by atomic mass is 10.1. The quantitative estimate of drug-likeness (QED) is 0.550. The molecule has 154 valence electrons. The van der Waals surface area contributed by atoms with Gasteiger partial charge in [0.05, 0.1) is 32.7 Å². The van der Waals surface area contributed by atoms with Crippen LogP contribution in [0, 0.1) is 6.92 Å². The van der Waals surface area contributed by atoms with Gasteiger partial charge in [0.2, 0.25) is 5.75 Å². The van der Waals surface area contributed by atoms with Gasteiger partial charge in [0.25, 0.3) is 0 Å². The number of ether oxygens (including phenoxy) is 3. The molecule has 8 heteroatoms. The first-order valence-electron chi connectivity index (χ1n) is 8.98. The van der Waals surface area contributed by atoms with Crippen molar-refractivity contribution in [3.8, 4) is 22.9 Å². The maximum absolute atomic E-state index is 6.60. The smallest absolute Gasteiger partial charge is 0.203 e. The molecule has 0 atom stereocenters. The van der Waals surface area contributed by atoms with E-state index in [1.165, 1.54) is 0 Å². The normalized spacial score (nSPS) is 10.8. The lowest BCUT2D eigenvalue weighted by Gasteiger charge is -2.16. The Bertz CT molecular complexity index is 1010. The zero-order chi connectivity index (χ0) is 21.0. The second-order valence-electron chi connectivity index (χ2n) is 6.34. The molecule has 0 spiro atoms. The van der Waals surface area contributed by atoms with E-state index < -0.39 is 0 Å². The molecule has 0 saturated carbocycles. The topological polar surface area (TPSA) is 57.5 Å². The molecule has 3 rings (SSSR count). The van der Waals surface area contributed by atoms with Gasteiger partial charge < -0.3 is 19.5 Å². The van der Waals surface area contributed by atoms with Crippen LogP contribution in [0.25, 0.3) is 5.69 Å². The van der Waals surface area contributed by atoms with Gasteiger partial charge in [-0.1, -0.05) is 35.3 Å². The first-order valence-corrected chi connectivity index (χ1v) is 9.74. The summed E-state index contributed by atoms with van der Waals surface area (Å²) >= 11 is 12.7. The number of nitrogens with zero attached hydrogens (tertiary/aromatic N) is 2. The van der Waals surface area contributed by atoms with Crippen molar-refractivity contribution in [2.45, 2.75) is 20.0 Å². The zero-order valence-electron chi connectivity index (χ0n) is 16.8. The molecule has 0 aliphatic rings. The van der Waals surface area contributed by atoms with Crippen LogP contribution in [0.5, 0.6) is 17.2 Å². The van der Waals surface area contributed by atoms with Crippen molar-refractivity contribution in [2.75, 3.05) is 21.3 Å². The number of methoxy groups -OCH3 is 3. The lowest BCUT2D eigenvalue weighted by Crippen LogP contribution is -2.14. The SMILES string of the molecule is COc1ccc(CNCc2c(C)nn(-c3cccc(Cl)c3)c2Cl)c(OC)c1OC. The van der Waals surface area contributed by atoms with E-state index >= 15 is 0 Å². The standard InChI is InChI=1S/C21H23Cl2N3O3/c1-13-17(21(23)26(25-13)16-7-5-6-15(22)10-16)12-24-11-14-8-9-18(27-2)20(29-4)19(14)28-3/h5-10,24H,11-12H2,1-4H3. The highest BCUT2D eigenvalue weighted by Gasteiger charge is 2.17. The number of aromatic nitrogens is 2. The van der Waals surface area contributed by atoms with Crippen LogP contribution in [0.1, 0.15) is 16.8 Å². The molecule has 0 radical (unpaired) electrons. The Hall–Kier alpha value is -2.41. The molecule has 1 heterocycles. The first-order chi connectivity index (χ1) is 14.0. The van der Waals surface area contributed by atoms with Gasteiger partial charge in [-0.3, -0.25) is 0 Å². The number of rotatable bonds is 8. The molecule has 29 heavy (non-hydrogen) atoms. The Morgan fingerprint density at radius 2 is 1.72 bits per heavy atom. The molecule has 0 saturated heterocycles. The molecule has 2 aromatic carbocycles. The fraction of sp³-hybridized carbons (Fsp3) is 0.286. The minimum absolute atomic E-state index is 0.544. The average Bonchev–Trinajstić information content (AvgIpc) is 3.01. The number of hydrogen-bond acceptors (Lipinski definition) is 5. The molecular formula is C21H23Cl2N3O3. The van der Waals surface area contributed by atoms with Crippen molar-refractivity contribution >= 4 is 23.2 Å². The summed E-state index contributed by atoms with van der Waals surface area (Å²) in [6.45, 7) is 3.03. The predicted molar refractivity (Wildman–Crippen MR) is 115 cm³/mol. The van der Waals surface area contributed by atoms with Gasteiger partial charge in [-0.2, -0.15) is 5.10 Å². The maximum Gasteiger partial charge on any atom is 0.203 e. The van der Waals surface area contributed by atoms with Gasteiger partial charge in [-0.15, -0.1) is 0 Å². The van der Waals surface area contributed by atoms with Crippen LogP contribution >= 0.6 is 23.2 Å². The molecule has 0 amide bonds. The predicted octanol–water partition coefficient (Wildman–Crippen LogP) is 4.80. The maximum atomic E-state index is 6.60. The van der Waals surface area contributed by atoms with E-state index in [0.717, 1.165) is 22.5 Å². The highest BCUT2D eigenvalue weighted by molar-refractivity contribution is 6.31. The Morgan fingerprint density at radius 1 is 0.966 bits per heavy atom. The summed E-state index contributed by atoms with van der Waals surface area (Å²) in [5, 5.41) is 9.14. The second kappa shape index (κ2) is 9.39. The molecule has 1 aromatic heterocycles. The number of hydrogen-bond donors (Lipinski definition) is 1. The van der Waals surface area contributed by atoms with Crippen molar-refractivity contribution in [1.82, 2.24) is 15.1 Å². The van der Waals surface area contributed by atoms with Crippen LogP contribution < -0.4 is 19.5 Å². The Morgan fingerprint density at radius 3 is 2.38 bits per heavy atom. The van der Waals surface area contributed by atoms with Gasteiger partial charge in [0.15, 0.2) is 11.5 Å². The molecule has 0 aliphatic heterocycles. The highest BCUT2D eigenvalue weighted by atomic mass is 35.5. The third-order valence-corrected chi connectivity index (χ3v) is 5.20. The summed E-state index contributed by atoms with van der Waals surface area (Å²) in [7, 11) is 4.79. The summed E-state index contributed by atoms with van der Waals surface area (Å²) in [4.78, 5) is 0. The van der Waals surface area contributed by atoms with Gasteiger partial charge in [-0.25, -0.2) is 4.68 Å². The fourth-order valence-corrected chi connectivity index (χ4v) is 3.66. The van der Waals surface area contributed by atoms with Gasteiger partial charge >= 0.3 is 0 Å². The van der Waals surface area contributed by atoms with E-state index in [-0.39, 0.29) is 0 Å². The highest BCUT2D eigenvalue weighted by Crippen LogP contribution is 2.39. The molecule has 0 unspecified atom stereocenters. The first kappa shape index (κ1) is 21.3. The third kappa shape index (κ3) is 4.45. The van der Waals surface area contributed by atoms with Crippen LogP contribution in [-0.2, 0) is 13.1 Å². The van der Waals surface area contributed by atoms with Crippen molar-refractivity contribution in [2.24, 2.45) is 0 Å². The fourth-order valence-electron chi connectivity index (χ4n) is 3.14. The van der Waals surface area contributed by atoms with E-state index in [2.05, 4.69) is 10.4 Å². The van der Waals surface area contributed by atoms with Gasteiger partial charge in [-0.05, 0) is 31.2 Å².